The van der Waals surface area contributed by atoms with Gasteiger partial charge in [-0.2, -0.15) is 0 Å². The first kappa shape index (κ1) is 18.5. The molecule has 1 unspecified atom stereocenters. The standard InChI is InChI=1S/C19H22N2O4/c1-2-13-3-7-15(8-4-13)17(22)12-21-19(25)20-11-14-5-9-16(10-6-14)18(23)24/h3-10,17,22H,2,11-12H2,1H3,(H,23,24)(H2,20,21,25). The molecule has 25 heavy (non-hydrogen) atoms. The molecule has 0 spiro atoms. The average Bonchev–Trinajstić information content (AvgIpc) is 2.64. The Morgan fingerprint density at radius 1 is 0.960 bits per heavy atom. The van der Waals surface area contributed by atoms with Crippen LogP contribution in [0.15, 0.2) is 48.5 Å². The fourth-order valence-corrected chi connectivity index (χ4v) is 2.29. The Balaban J connectivity index is 1.76. The van der Waals surface area contributed by atoms with Gasteiger partial charge in [0, 0.05) is 13.1 Å². The molecule has 1 atom stereocenters. The lowest BCUT2D eigenvalue weighted by atomic mass is 10.1. The summed E-state index contributed by atoms with van der Waals surface area (Å²) in [6, 6.07) is 13.5. The van der Waals surface area contributed by atoms with Crippen LogP contribution in [0, 0.1) is 0 Å². The Morgan fingerprint density at radius 2 is 1.56 bits per heavy atom. The van der Waals surface area contributed by atoms with Crippen molar-refractivity contribution in [2.45, 2.75) is 26.0 Å². The van der Waals surface area contributed by atoms with Gasteiger partial charge in [0.15, 0.2) is 0 Å². The summed E-state index contributed by atoms with van der Waals surface area (Å²) in [5.74, 6) is -0.988. The van der Waals surface area contributed by atoms with Crippen molar-refractivity contribution < 1.29 is 19.8 Å². The van der Waals surface area contributed by atoms with E-state index in [9.17, 15) is 14.7 Å². The Hall–Kier alpha value is -2.86. The van der Waals surface area contributed by atoms with E-state index >= 15 is 0 Å². The molecule has 0 aromatic heterocycles. The van der Waals surface area contributed by atoms with Crippen LogP contribution in [0.1, 0.15) is 40.1 Å². The number of amides is 2. The Kier molecular flexibility index (Phi) is 6.54. The largest absolute Gasteiger partial charge is 0.478 e. The summed E-state index contributed by atoms with van der Waals surface area (Å²) in [5, 5.41) is 24.2. The fraction of sp³-hybridized carbons (Fsp3) is 0.263. The predicted octanol–water partition coefficient (Wildman–Crippen LogP) is 2.48. The molecule has 2 rings (SSSR count). The molecule has 0 fully saturated rings. The molecule has 2 amide bonds. The van der Waals surface area contributed by atoms with Gasteiger partial charge in [0.25, 0.3) is 0 Å². The molecule has 2 aromatic rings. The molecule has 0 aliphatic heterocycles. The average molecular weight is 342 g/mol. The van der Waals surface area contributed by atoms with E-state index in [0.29, 0.717) is 0 Å². The van der Waals surface area contributed by atoms with Crippen LogP contribution in [0.25, 0.3) is 0 Å². The van der Waals surface area contributed by atoms with E-state index in [0.717, 1.165) is 17.5 Å². The van der Waals surface area contributed by atoms with Crippen LogP contribution in [-0.2, 0) is 13.0 Å². The van der Waals surface area contributed by atoms with Crippen molar-refractivity contribution in [1.29, 1.82) is 0 Å². The number of urea groups is 1. The van der Waals surface area contributed by atoms with Gasteiger partial charge in [0.1, 0.15) is 0 Å². The van der Waals surface area contributed by atoms with E-state index < -0.39 is 18.1 Å². The third-order valence-electron chi connectivity index (χ3n) is 3.88. The number of benzene rings is 2. The van der Waals surface area contributed by atoms with Gasteiger partial charge in [0.2, 0.25) is 0 Å². The highest BCUT2D eigenvalue weighted by Gasteiger charge is 2.09. The smallest absolute Gasteiger partial charge is 0.335 e. The van der Waals surface area contributed by atoms with E-state index in [1.165, 1.54) is 17.7 Å². The maximum atomic E-state index is 11.8. The van der Waals surface area contributed by atoms with Crippen LogP contribution >= 0.6 is 0 Å². The number of aromatic carboxylic acids is 1. The number of carbonyl (C=O) groups excluding carboxylic acids is 1. The van der Waals surface area contributed by atoms with Gasteiger partial charge in [-0.3, -0.25) is 0 Å². The van der Waals surface area contributed by atoms with Gasteiger partial charge in [-0.05, 0) is 35.2 Å². The zero-order valence-corrected chi connectivity index (χ0v) is 14.0. The first-order valence-electron chi connectivity index (χ1n) is 8.10. The predicted molar refractivity (Wildman–Crippen MR) is 94.4 cm³/mol. The van der Waals surface area contributed by atoms with E-state index in [1.54, 1.807) is 12.1 Å². The summed E-state index contributed by atoms with van der Waals surface area (Å²) >= 11 is 0. The van der Waals surface area contributed by atoms with Crippen LogP contribution in [0.5, 0.6) is 0 Å². The number of carboxylic acids is 1. The van der Waals surface area contributed by atoms with Crippen molar-refractivity contribution in [3.05, 3.63) is 70.8 Å². The number of aliphatic hydroxyl groups is 1. The zero-order valence-electron chi connectivity index (χ0n) is 14.0. The van der Waals surface area contributed by atoms with E-state index in [1.807, 2.05) is 24.3 Å². The highest BCUT2D eigenvalue weighted by Crippen LogP contribution is 2.13. The number of aliphatic hydroxyl groups excluding tert-OH is 1. The van der Waals surface area contributed by atoms with Gasteiger partial charge < -0.3 is 20.8 Å². The second-order valence-electron chi connectivity index (χ2n) is 5.68. The third-order valence-corrected chi connectivity index (χ3v) is 3.88. The van der Waals surface area contributed by atoms with Crippen molar-refractivity contribution in [3.63, 3.8) is 0 Å². The highest BCUT2D eigenvalue weighted by atomic mass is 16.4. The number of rotatable bonds is 7. The molecule has 0 radical (unpaired) electrons. The minimum absolute atomic E-state index is 0.106. The van der Waals surface area contributed by atoms with Crippen molar-refractivity contribution in [2.75, 3.05) is 6.54 Å². The summed E-state index contributed by atoms with van der Waals surface area (Å²) in [5.41, 5.74) is 2.93. The topological polar surface area (TPSA) is 98.7 Å². The summed E-state index contributed by atoms with van der Waals surface area (Å²) in [6.07, 6.45) is 0.163. The number of nitrogens with one attached hydrogen (secondary N) is 2. The molecule has 4 N–H and O–H groups in total. The molecule has 6 heteroatoms. The normalized spacial score (nSPS) is 11.6. The first-order chi connectivity index (χ1) is 12.0. The van der Waals surface area contributed by atoms with Crippen LogP contribution < -0.4 is 10.6 Å². The highest BCUT2D eigenvalue weighted by molar-refractivity contribution is 5.87. The van der Waals surface area contributed by atoms with E-state index in [4.69, 9.17) is 5.11 Å². The number of hydrogen-bond acceptors (Lipinski definition) is 3. The van der Waals surface area contributed by atoms with Gasteiger partial charge in [-0.1, -0.05) is 43.3 Å². The quantitative estimate of drug-likeness (QED) is 0.621. The molecule has 2 aromatic carbocycles. The summed E-state index contributed by atoms with van der Waals surface area (Å²) in [4.78, 5) is 22.6. The zero-order chi connectivity index (χ0) is 18.2. The van der Waals surface area contributed by atoms with Crippen molar-refractivity contribution in [3.8, 4) is 0 Å². The van der Waals surface area contributed by atoms with Gasteiger partial charge in [0.05, 0.1) is 11.7 Å². The summed E-state index contributed by atoms with van der Waals surface area (Å²) in [7, 11) is 0. The molecule has 6 nitrogen and oxygen atoms in total. The van der Waals surface area contributed by atoms with Crippen molar-refractivity contribution in [1.82, 2.24) is 10.6 Å². The minimum Gasteiger partial charge on any atom is -0.478 e. The number of hydrogen-bond donors (Lipinski definition) is 4. The lowest BCUT2D eigenvalue weighted by Crippen LogP contribution is -2.37. The van der Waals surface area contributed by atoms with Gasteiger partial charge in [-0.15, -0.1) is 0 Å². The molecule has 0 saturated heterocycles. The molecule has 132 valence electrons. The van der Waals surface area contributed by atoms with Crippen LogP contribution in [0.2, 0.25) is 0 Å². The van der Waals surface area contributed by atoms with Crippen molar-refractivity contribution >= 4 is 12.0 Å². The molecule has 0 saturated carbocycles. The maximum absolute atomic E-state index is 11.8. The summed E-state index contributed by atoms with van der Waals surface area (Å²) < 4.78 is 0. The maximum Gasteiger partial charge on any atom is 0.335 e. The monoisotopic (exact) mass is 342 g/mol. The van der Waals surface area contributed by atoms with Crippen molar-refractivity contribution in [2.24, 2.45) is 0 Å². The second-order valence-corrected chi connectivity index (χ2v) is 5.68. The number of carboxylic acid groups (broad SMARTS) is 1. The molecular weight excluding hydrogens is 320 g/mol. The molecular formula is C19H22N2O4. The number of carbonyl (C=O) groups is 2. The van der Waals surface area contributed by atoms with Gasteiger partial charge in [-0.25, -0.2) is 9.59 Å². The van der Waals surface area contributed by atoms with Crippen LogP contribution in [-0.4, -0.2) is 28.8 Å². The van der Waals surface area contributed by atoms with E-state index in [-0.39, 0.29) is 18.7 Å². The van der Waals surface area contributed by atoms with Gasteiger partial charge >= 0.3 is 12.0 Å². The third kappa shape index (κ3) is 5.61. The molecule has 0 aliphatic carbocycles. The Labute approximate surface area is 146 Å². The lowest BCUT2D eigenvalue weighted by Gasteiger charge is -2.13. The fourth-order valence-electron chi connectivity index (χ4n) is 2.29. The first-order valence-corrected chi connectivity index (χ1v) is 8.10. The minimum atomic E-state index is -0.988. The summed E-state index contributed by atoms with van der Waals surface area (Å²) in [6.45, 7) is 2.44. The second kappa shape index (κ2) is 8.84. The van der Waals surface area contributed by atoms with E-state index in [2.05, 4.69) is 17.6 Å². The Morgan fingerprint density at radius 3 is 2.12 bits per heavy atom. The number of aryl methyl sites for hydroxylation is 1. The molecule has 0 bridgehead atoms. The molecule has 0 heterocycles. The SMILES string of the molecule is CCc1ccc(C(O)CNC(=O)NCc2ccc(C(=O)O)cc2)cc1. The van der Waals surface area contributed by atoms with Crippen LogP contribution in [0.3, 0.4) is 0 Å². The molecule has 0 aliphatic rings. The van der Waals surface area contributed by atoms with Crippen LogP contribution in [0.4, 0.5) is 4.79 Å². The Bertz CT molecular complexity index is 711. The lowest BCUT2D eigenvalue weighted by molar-refractivity contribution is 0.0697.